The molecule has 27 heavy (non-hydrogen) atoms. The third-order valence-corrected chi connectivity index (χ3v) is 6.26. The molecule has 0 N–H and O–H groups in total. The van der Waals surface area contributed by atoms with Crippen LogP contribution in [-0.4, -0.2) is 23.4 Å². The number of nitriles is 1. The van der Waals surface area contributed by atoms with Gasteiger partial charge in [0, 0.05) is 23.0 Å². The van der Waals surface area contributed by atoms with Crippen LogP contribution in [0.5, 0.6) is 0 Å². The molecule has 7 heteroatoms. The second-order valence-corrected chi connectivity index (χ2v) is 7.70. The smallest absolute Gasteiger partial charge is 0.229 e. The Labute approximate surface area is 165 Å². The van der Waals surface area contributed by atoms with E-state index in [2.05, 4.69) is 6.07 Å². The van der Waals surface area contributed by atoms with Crippen LogP contribution in [0.1, 0.15) is 17.9 Å². The summed E-state index contributed by atoms with van der Waals surface area (Å²) in [5.41, 5.74) is 2.21. The zero-order valence-corrected chi connectivity index (χ0v) is 15.8. The number of carbonyl (C=O) groups excluding carboxylic acids is 1. The Morgan fingerprint density at radius 3 is 2.63 bits per heavy atom. The van der Waals surface area contributed by atoms with Crippen LogP contribution in [0.2, 0.25) is 5.02 Å². The Kier molecular flexibility index (Phi) is 4.81. The minimum Gasteiger partial charge on any atom is -0.344 e. The predicted molar refractivity (Wildman–Crippen MR) is 104 cm³/mol. The fourth-order valence-electron chi connectivity index (χ4n) is 3.40. The maximum absolute atomic E-state index is 13.2. The number of hydrogen-bond donors (Lipinski definition) is 0. The maximum Gasteiger partial charge on any atom is 0.229 e. The molecule has 2 aliphatic rings. The summed E-state index contributed by atoms with van der Waals surface area (Å²) in [5, 5.41) is 11.0. The first kappa shape index (κ1) is 17.9. The van der Waals surface area contributed by atoms with E-state index < -0.39 is 0 Å². The summed E-state index contributed by atoms with van der Waals surface area (Å²) in [6.45, 7) is 0.340. The molecule has 0 radical (unpaired) electrons. The molecule has 0 bridgehead atoms. The van der Waals surface area contributed by atoms with E-state index in [1.807, 2.05) is 23.1 Å². The summed E-state index contributed by atoms with van der Waals surface area (Å²) < 4.78 is 13.2. The van der Waals surface area contributed by atoms with Crippen molar-refractivity contribution in [2.45, 2.75) is 12.3 Å². The number of allylic oxidation sites excluding steroid dienone is 1. The third-order valence-electron chi connectivity index (χ3n) is 4.77. The van der Waals surface area contributed by atoms with Crippen molar-refractivity contribution < 1.29 is 9.18 Å². The number of anilines is 1. The van der Waals surface area contributed by atoms with Crippen LogP contribution in [0.3, 0.4) is 0 Å². The molecule has 0 aliphatic carbocycles. The molecule has 1 atom stereocenters. The summed E-state index contributed by atoms with van der Waals surface area (Å²) in [6.07, 6.45) is 0.202. The van der Waals surface area contributed by atoms with Gasteiger partial charge in [0.2, 0.25) is 5.91 Å². The lowest BCUT2D eigenvalue weighted by Gasteiger charge is -2.42. The first-order chi connectivity index (χ1) is 13.1. The van der Waals surface area contributed by atoms with Crippen molar-refractivity contribution in [3.05, 3.63) is 75.5 Å². The van der Waals surface area contributed by atoms with Crippen molar-refractivity contribution in [3.8, 4) is 6.07 Å². The Bertz CT molecular complexity index is 970. The Morgan fingerprint density at radius 2 is 1.93 bits per heavy atom. The highest BCUT2D eigenvalue weighted by atomic mass is 35.5. The van der Waals surface area contributed by atoms with Crippen molar-refractivity contribution in [1.82, 2.24) is 4.90 Å². The molecule has 1 saturated heterocycles. The van der Waals surface area contributed by atoms with Gasteiger partial charge in [-0.25, -0.2) is 4.39 Å². The van der Waals surface area contributed by atoms with E-state index in [-0.39, 0.29) is 24.1 Å². The zero-order valence-electron chi connectivity index (χ0n) is 14.2. The van der Waals surface area contributed by atoms with Crippen molar-refractivity contribution in [2.75, 3.05) is 17.4 Å². The molecule has 1 amide bonds. The minimum atomic E-state index is -0.327. The molecule has 136 valence electrons. The lowest BCUT2D eigenvalue weighted by atomic mass is 9.86. The average molecular weight is 400 g/mol. The van der Waals surface area contributed by atoms with E-state index in [1.54, 1.807) is 23.1 Å². The quantitative estimate of drug-likeness (QED) is 0.734. The second kappa shape index (κ2) is 7.26. The summed E-state index contributed by atoms with van der Waals surface area (Å²) in [5.74, 6) is -0.0986. The van der Waals surface area contributed by atoms with Gasteiger partial charge in [0.15, 0.2) is 0 Å². The average Bonchev–Trinajstić information content (AvgIpc) is 2.69. The number of carbonyl (C=O) groups is 1. The molecule has 2 heterocycles. The molecule has 1 fully saturated rings. The highest BCUT2D eigenvalue weighted by Crippen LogP contribution is 2.44. The molecule has 2 aromatic carbocycles. The van der Waals surface area contributed by atoms with Crippen LogP contribution < -0.4 is 4.90 Å². The van der Waals surface area contributed by atoms with Gasteiger partial charge in [-0.05, 0) is 35.9 Å². The van der Waals surface area contributed by atoms with Crippen molar-refractivity contribution in [3.63, 3.8) is 0 Å². The first-order valence-electron chi connectivity index (χ1n) is 8.41. The van der Waals surface area contributed by atoms with Gasteiger partial charge in [-0.1, -0.05) is 41.6 Å². The van der Waals surface area contributed by atoms with Gasteiger partial charge in [0.25, 0.3) is 0 Å². The van der Waals surface area contributed by atoms with Gasteiger partial charge >= 0.3 is 0 Å². The highest BCUT2D eigenvalue weighted by molar-refractivity contribution is 8.03. The number of nitrogens with zero attached hydrogens (tertiary/aromatic N) is 3. The molecule has 2 aromatic rings. The lowest BCUT2D eigenvalue weighted by molar-refractivity contribution is -0.129. The van der Waals surface area contributed by atoms with Crippen LogP contribution in [0.4, 0.5) is 10.1 Å². The highest BCUT2D eigenvalue weighted by Gasteiger charge is 2.38. The lowest BCUT2D eigenvalue weighted by Crippen LogP contribution is -2.47. The molecule has 2 aliphatic heterocycles. The zero-order chi connectivity index (χ0) is 19.0. The third kappa shape index (κ3) is 3.29. The van der Waals surface area contributed by atoms with Crippen molar-refractivity contribution in [2.24, 2.45) is 0 Å². The van der Waals surface area contributed by atoms with Gasteiger partial charge in [0.05, 0.1) is 29.2 Å². The molecular formula is C20H15ClFN3OS. The number of halogens is 2. The van der Waals surface area contributed by atoms with E-state index in [0.717, 1.165) is 11.3 Å². The number of fused-ring (bicyclic) bond motifs is 1. The van der Waals surface area contributed by atoms with Gasteiger partial charge in [0.1, 0.15) is 5.82 Å². The Hall–Kier alpha value is -2.49. The SMILES string of the molecule is N#CC1=C2SCN(c3ccc(F)cc3)CN2C(=O)CC1c1ccccc1Cl. The molecule has 0 saturated carbocycles. The van der Waals surface area contributed by atoms with Gasteiger partial charge in [-0.2, -0.15) is 5.26 Å². The Morgan fingerprint density at radius 1 is 1.19 bits per heavy atom. The predicted octanol–water partition coefficient (Wildman–Crippen LogP) is 4.70. The molecule has 4 nitrogen and oxygen atoms in total. The van der Waals surface area contributed by atoms with E-state index >= 15 is 0 Å². The normalized spacial score (nSPS) is 19.7. The fourth-order valence-corrected chi connectivity index (χ4v) is 4.84. The second-order valence-electron chi connectivity index (χ2n) is 6.36. The fraction of sp³-hybridized carbons (Fsp3) is 0.200. The van der Waals surface area contributed by atoms with Crippen LogP contribution in [0, 0.1) is 17.1 Å². The Balaban J connectivity index is 1.68. The van der Waals surface area contributed by atoms with E-state index in [0.29, 0.717) is 28.2 Å². The molecule has 0 spiro atoms. The van der Waals surface area contributed by atoms with E-state index in [4.69, 9.17) is 11.6 Å². The van der Waals surface area contributed by atoms with Crippen molar-refractivity contribution >= 4 is 35.0 Å². The monoisotopic (exact) mass is 399 g/mol. The van der Waals surface area contributed by atoms with Crippen LogP contribution in [0.25, 0.3) is 0 Å². The van der Waals surface area contributed by atoms with E-state index in [1.165, 1.54) is 23.9 Å². The number of hydrogen-bond acceptors (Lipinski definition) is 4. The van der Waals surface area contributed by atoms with Crippen LogP contribution in [-0.2, 0) is 4.79 Å². The molecule has 0 aromatic heterocycles. The molecule has 1 unspecified atom stereocenters. The summed E-state index contributed by atoms with van der Waals surface area (Å²) in [7, 11) is 0. The standard InChI is InChI=1S/C20H15ClFN3OS/c21-18-4-2-1-3-15(18)16-9-19(26)25-11-24(12-27-20(25)17(16)10-23)14-7-5-13(22)6-8-14/h1-8,16H,9,11-12H2. The summed E-state index contributed by atoms with van der Waals surface area (Å²) in [6, 6.07) is 15.8. The summed E-state index contributed by atoms with van der Waals surface area (Å²) in [4.78, 5) is 16.5. The number of benzene rings is 2. The van der Waals surface area contributed by atoms with Crippen LogP contribution >= 0.6 is 23.4 Å². The first-order valence-corrected chi connectivity index (χ1v) is 9.77. The van der Waals surface area contributed by atoms with Gasteiger partial charge in [-0.3, -0.25) is 9.69 Å². The van der Waals surface area contributed by atoms with Crippen LogP contribution in [0.15, 0.2) is 59.1 Å². The molecular weight excluding hydrogens is 385 g/mol. The number of rotatable bonds is 2. The maximum atomic E-state index is 13.2. The topological polar surface area (TPSA) is 47.3 Å². The molecule has 4 rings (SSSR count). The largest absolute Gasteiger partial charge is 0.344 e. The van der Waals surface area contributed by atoms with E-state index in [9.17, 15) is 14.4 Å². The number of thioether (sulfide) groups is 1. The number of amides is 1. The minimum absolute atomic E-state index is 0.0479. The van der Waals surface area contributed by atoms with Gasteiger partial charge < -0.3 is 4.90 Å². The summed E-state index contributed by atoms with van der Waals surface area (Å²) >= 11 is 7.76. The van der Waals surface area contributed by atoms with Crippen molar-refractivity contribution in [1.29, 1.82) is 5.26 Å². The van der Waals surface area contributed by atoms with Gasteiger partial charge in [-0.15, -0.1) is 0 Å².